The minimum absolute atomic E-state index is 0.113. The SMILES string of the molecule is CC1CCCN(c2ccccc2OCC(=O)N2C(C)CCCC2C)C1. The number of nitrogens with zero attached hydrogens (tertiary/aromatic N) is 2. The van der Waals surface area contributed by atoms with Crippen LogP contribution in [0.4, 0.5) is 5.69 Å². The van der Waals surface area contributed by atoms with Crippen LogP contribution in [-0.4, -0.2) is 42.6 Å². The van der Waals surface area contributed by atoms with Crippen LogP contribution in [0.1, 0.15) is 52.9 Å². The number of piperidine rings is 2. The molecular formula is C21H32N2O2. The minimum atomic E-state index is 0.113. The Morgan fingerprint density at radius 3 is 2.52 bits per heavy atom. The van der Waals surface area contributed by atoms with Gasteiger partial charge in [0.15, 0.2) is 6.61 Å². The van der Waals surface area contributed by atoms with E-state index in [1.165, 1.54) is 19.3 Å². The molecule has 1 aromatic rings. The van der Waals surface area contributed by atoms with Crippen molar-refractivity contribution >= 4 is 11.6 Å². The number of hydrogen-bond donors (Lipinski definition) is 0. The van der Waals surface area contributed by atoms with E-state index in [1.807, 2.05) is 17.0 Å². The van der Waals surface area contributed by atoms with Crippen molar-refractivity contribution in [3.63, 3.8) is 0 Å². The summed E-state index contributed by atoms with van der Waals surface area (Å²) in [7, 11) is 0. The first-order valence-corrected chi connectivity index (χ1v) is 9.84. The molecule has 0 spiro atoms. The maximum atomic E-state index is 12.7. The molecule has 3 unspecified atom stereocenters. The third kappa shape index (κ3) is 4.28. The molecule has 0 aliphatic carbocycles. The maximum Gasteiger partial charge on any atom is 0.260 e. The van der Waals surface area contributed by atoms with Crippen LogP contribution >= 0.6 is 0 Å². The van der Waals surface area contributed by atoms with Gasteiger partial charge < -0.3 is 14.5 Å². The fourth-order valence-corrected chi connectivity index (χ4v) is 4.38. The molecule has 0 radical (unpaired) electrons. The van der Waals surface area contributed by atoms with Crippen molar-refractivity contribution in [2.75, 3.05) is 24.6 Å². The fraction of sp³-hybridized carbons (Fsp3) is 0.667. The Hall–Kier alpha value is -1.71. The van der Waals surface area contributed by atoms with Gasteiger partial charge in [-0.1, -0.05) is 19.1 Å². The number of amides is 1. The Morgan fingerprint density at radius 1 is 1.08 bits per heavy atom. The van der Waals surface area contributed by atoms with Crippen molar-refractivity contribution in [1.82, 2.24) is 4.90 Å². The van der Waals surface area contributed by atoms with E-state index in [-0.39, 0.29) is 12.5 Å². The van der Waals surface area contributed by atoms with E-state index in [1.54, 1.807) is 0 Å². The van der Waals surface area contributed by atoms with Gasteiger partial charge in [0.2, 0.25) is 0 Å². The monoisotopic (exact) mass is 344 g/mol. The number of rotatable bonds is 4. The molecule has 25 heavy (non-hydrogen) atoms. The quantitative estimate of drug-likeness (QED) is 0.825. The third-order valence-corrected chi connectivity index (χ3v) is 5.70. The Labute approximate surface area is 152 Å². The first-order chi connectivity index (χ1) is 12.1. The normalized spacial score (nSPS) is 27.2. The fourth-order valence-electron chi connectivity index (χ4n) is 4.38. The van der Waals surface area contributed by atoms with Crippen molar-refractivity contribution in [3.05, 3.63) is 24.3 Å². The predicted octanol–water partition coefficient (Wildman–Crippen LogP) is 4.09. The molecule has 0 bridgehead atoms. The first-order valence-electron chi connectivity index (χ1n) is 9.84. The van der Waals surface area contributed by atoms with Gasteiger partial charge >= 0.3 is 0 Å². The minimum Gasteiger partial charge on any atom is -0.482 e. The summed E-state index contributed by atoms with van der Waals surface area (Å²) in [6.07, 6.45) is 5.92. The van der Waals surface area contributed by atoms with Gasteiger partial charge in [0, 0.05) is 25.2 Å². The van der Waals surface area contributed by atoms with Crippen LogP contribution in [-0.2, 0) is 4.79 Å². The molecule has 0 saturated carbocycles. The van der Waals surface area contributed by atoms with E-state index >= 15 is 0 Å². The van der Waals surface area contributed by atoms with E-state index in [2.05, 4.69) is 37.8 Å². The lowest BCUT2D eigenvalue weighted by Crippen LogP contribution is -2.49. The number of likely N-dealkylation sites (tertiary alicyclic amines) is 1. The predicted molar refractivity (Wildman–Crippen MR) is 102 cm³/mol. The van der Waals surface area contributed by atoms with Crippen LogP contribution in [0.25, 0.3) is 0 Å². The Bertz CT molecular complexity index is 579. The van der Waals surface area contributed by atoms with Gasteiger partial charge in [0.1, 0.15) is 5.75 Å². The average Bonchev–Trinajstić information content (AvgIpc) is 2.60. The van der Waals surface area contributed by atoms with Gasteiger partial charge in [-0.15, -0.1) is 0 Å². The van der Waals surface area contributed by atoms with Crippen molar-refractivity contribution < 1.29 is 9.53 Å². The van der Waals surface area contributed by atoms with Gasteiger partial charge in [-0.3, -0.25) is 4.79 Å². The van der Waals surface area contributed by atoms with Crippen molar-refractivity contribution in [2.45, 2.75) is 65.0 Å². The second-order valence-corrected chi connectivity index (χ2v) is 7.88. The number of hydrogen-bond acceptors (Lipinski definition) is 3. The summed E-state index contributed by atoms with van der Waals surface area (Å²) in [6, 6.07) is 8.78. The molecule has 4 heteroatoms. The Balaban J connectivity index is 1.66. The largest absolute Gasteiger partial charge is 0.482 e. The van der Waals surface area contributed by atoms with Crippen LogP contribution in [0.3, 0.4) is 0 Å². The molecule has 1 aromatic carbocycles. The molecule has 4 nitrogen and oxygen atoms in total. The topological polar surface area (TPSA) is 32.8 Å². The number of ether oxygens (including phenoxy) is 1. The summed E-state index contributed by atoms with van der Waals surface area (Å²) >= 11 is 0. The Morgan fingerprint density at radius 2 is 1.80 bits per heavy atom. The zero-order chi connectivity index (χ0) is 17.8. The summed E-state index contributed by atoms with van der Waals surface area (Å²) in [5.41, 5.74) is 1.13. The maximum absolute atomic E-state index is 12.7. The standard InChI is InChI=1S/C21H32N2O2/c1-16-8-7-13-22(14-16)19-11-4-5-12-20(19)25-15-21(24)23-17(2)9-6-10-18(23)3/h4-5,11-12,16-18H,6-10,13-15H2,1-3H3. The lowest BCUT2D eigenvalue weighted by atomic mass is 9.97. The van der Waals surface area contributed by atoms with Crippen LogP contribution in [0.5, 0.6) is 5.75 Å². The smallest absolute Gasteiger partial charge is 0.260 e. The molecule has 0 aromatic heterocycles. The molecule has 2 aliphatic rings. The number of para-hydroxylation sites is 2. The first kappa shape index (κ1) is 18.1. The van der Waals surface area contributed by atoms with Crippen LogP contribution < -0.4 is 9.64 Å². The van der Waals surface area contributed by atoms with Gasteiger partial charge in [-0.2, -0.15) is 0 Å². The van der Waals surface area contributed by atoms with E-state index in [4.69, 9.17) is 4.74 Å². The van der Waals surface area contributed by atoms with Crippen LogP contribution in [0, 0.1) is 5.92 Å². The van der Waals surface area contributed by atoms with Crippen LogP contribution in [0.2, 0.25) is 0 Å². The summed E-state index contributed by atoms with van der Waals surface area (Å²) < 4.78 is 6.00. The zero-order valence-corrected chi connectivity index (χ0v) is 15.9. The van der Waals surface area contributed by atoms with E-state index in [0.29, 0.717) is 18.0 Å². The number of anilines is 1. The van der Waals surface area contributed by atoms with Crippen LogP contribution in [0.15, 0.2) is 24.3 Å². The molecule has 3 atom stereocenters. The highest BCUT2D eigenvalue weighted by Gasteiger charge is 2.29. The number of benzene rings is 1. The van der Waals surface area contributed by atoms with E-state index in [9.17, 15) is 4.79 Å². The molecule has 2 aliphatic heterocycles. The molecule has 3 rings (SSSR count). The molecule has 0 N–H and O–H groups in total. The molecular weight excluding hydrogens is 312 g/mol. The summed E-state index contributed by atoms with van der Waals surface area (Å²) in [5.74, 6) is 1.65. The second-order valence-electron chi connectivity index (χ2n) is 7.88. The molecule has 138 valence electrons. The molecule has 2 heterocycles. The Kier molecular flexibility index (Phi) is 5.87. The van der Waals surface area contributed by atoms with E-state index < -0.39 is 0 Å². The van der Waals surface area contributed by atoms with Crippen molar-refractivity contribution in [1.29, 1.82) is 0 Å². The average molecular weight is 344 g/mol. The second kappa shape index (κ2) is 8.11. The number of carbonyl (C=O) groups excluding carboxylic acids is 1. The zero-order valence-electron chi connectivity index (χ0n) is 15.9. The van der Waals surface area contributed by atoms with Crippen molar-refractivity contribution in [3.8, 4) is 5.75 Å². The van der Waals surface area contributed by atoms with Crippen molar-refractivity contribution in [2.24, 2.45) is 5.92 Å². The highest BCUT2D eigenvalue weighted by atomic mass is 16.5. The molecule has 2 fully saturated rings. The highest BCUT2D eigenvalue weighted by Crippen LogP contribution is 2.32. The van der Waals surface area contributed by atoms with E-state index in [0.717, 1.165) is 37.4 Å². The van der Waals surface area contributed by atoms with Gasteiger partial charge in [0.05, 0.1) is 5.69 Å². The lowest BCUT2D eigenvalue weighted by molar-refractivity contribution is -0.139. The summed E-state index contributed by atoms with van der Waals surface area (Å²) in [4.78, 5) is 17.1. The van der Waals surface area contributed by atoms with Gasteiger partial charge in [-0.05, 0) is 64.0 Å². The van der Waals surface area contributed by atoms with Gasteiger partial charge in [0.25, 0.3) is 5.91 Å². The highest BCUT2D eigenvalue weighted by molar-refractivity contribution is 5.79. The third-order valence-electron chi connectivity index (χ3n) is 5.70. The molecule has 2 saturated heterocycles. The van der Waals surface area contributed by atoms with Gasteiger partial charge in [-0.25, -0.2) is 0 Å². The lowest BCUT2D eigenvalue weighted by Gasteiger charge is -2.39. The molecule has 1 amide bonds. The number of carbonyl (C=O) groups is 1. The summed E-state index contributed by atoms with van der Waals surface area (Å²) in [5, 5.41) is 0. The summed E-state index contributed by atoms with van der Waals surface area (Å²) in [6.45, 7) is 8.87.